The van der Waals surface area contributed by atoms with Gasteiger partial charge < -0.3 is 14.2 Å². The van der Waals surface area contributed by atoms with Gasteiger partial charge in [-0.2, -0.15) is 4.99 Å². The third-order valence-electron chi connectivity index (χ3n) is 4.48. The van der Waals surface area contributed by atoms with E-state index in [9.17, 15) is 14.4 Å². The average Bonchev–Trinajstić information content (AvgIpc) is 2.66. The van der Waals surface area contributed by atoms with Crippen molar-refractivity contribution in [2.24, 2.45) is 15.8 Å². The maximum absolute atomic E-state index is 12.2. The van der Waals surface area contributed by atoms with E-state index in [1.807, 2.05) is 18.2 Å². The Kier molecular flexibility index (Phi) is 9.24. The highest BCUT2D eigenvalue weighted by atomic mass is 16.5. The van der Waals surface area contributed by atoms with E-state index >= 15 is 0 Å². The number of carbonyl (C=O) groups excluding carboxylic acids is 3. The number of aliphatic imine (C=N–C) groups is 1. The fourth-order valence-corrected chi connectivity index (χ4v) is 2.64. The summed E-state index contributed by atoms with van der Waals surface area (Å²) in [6, 6.07) is 6.66. The van der Waals surface area contributed by atoms with Crippen LogP contribution in [0.5, 0.6) is 5.75 Å². The number of esters is 2. The summed E-state index contributed by atoms with van der Waals surface area (Å²) in [4.78, 5) is 39.3. The number of carbonyl (C=O) groups is 2. The van der Waals surface area contributed by atoms with Gasteiger partial charge in [-0.05, 0) is 65.7 Å². The van der Waals surface area contributed by atoms with Crippen molar-refractivity contribution in [3.05, 3.63) is 29.8 Å². The lowest BCUT2D eigenvalue weighted by Gasteiger charge is -2.26. The maximum atomic E-state index is 12.2. The van der Waals surface area contributed by atoms with Crippen LogP contribution in [-0.2, 0) is 23.9 Å². The number of ether oxygens (including phenoxy) is 3. The highest BCUT2D eigenvalue weighted by Crippen LogP contribution is 2.30. The first kappa shape index (κ1) is 25.4. The van der Waals surface area contributed by atoms with Crippen molar-refractivity contribution in [3.8, 4) is 5.75 Å². The summed E-state index contributed by atoms with van der Waals surface area (Å²) >= 11 is 0. The minimum absolute atomic E-state index is 0.0829. The van der Waals surface area contributed by atoms with E-state index in [1.54, 1.807) is 60.8 Å². The zero-order valence-electron chi connectivity index (χ0n) is 19.0. The first-order chi connectivity index (χ1) is 13.9. The minimum atomic E-state index is -0.677. The summed E-state index contributed by atoms with van der Waals surface area (Å²) in [5.41, 5.74) is -0.464. The van der Waals surface area contributed by atoms with Crippen LogP contribution in [-0.4, -0.2) is 44.4 Å². The minimum Gasteiger partial charge on any atom is -0.497 e. The molecule has 0 heterocycles. The van der Waals surface area contributed by atoms with Gasteiger partial charge in [0.05, 0.1) is 24.5 Å². The molecule has 1 aromatic rings. The molecule has 7 heteroatoms. The van der Waals surface area contributed by atoms with Gasteiger partial charge in [0.2, 0.25) is 6.08 Å². The molecular formula is C23H33NO6. The Hall–Kier alpha value is -2.66. The molecule has 0 N–H and O–H groups in total. The Morgan fingerprint density at radius 1 is 1.03 bits per heavy atom. The lowest BCUT2D eigenvalue weighted by Crippen LogP contribution is -2.30. The smallest absolute Gasteiger partial charge is 0.311 e. The molecule has 0 saturated carbocycles. The normalized spacial score (nSPS) is 13.6. The first-order valence-corrected chi connectivity index (χ1v) is 9.95. The Bertz CT molecular complexity index is 769. The molecule has 7 nitrogen and oxygen atoms in total. The van der Waals surface area contributed by atoms with Crippen molar-refractivity contribution in [1.29, 1.82) is 0 Å². The fourth-order valence-electron chi connectivity index (χ4n) is 2.64. The summed E-state index contributed by atoms with van der Waals surface area (Å²) in [7, 11) is 1.56. The SMILES string of the molecule is COc1cccc([C@@H](CCOC(=O)C(C)(C)C)[C@H](COC(=O)C(C)(C)C)N=C=O)c1. The average molecular weight is 420 g/mol. The third-order valence-corrected chi connectivity index (χ3v) is 4.48. The van der Waals surface area contributed by atoms with Crippen molar-refractivity contribution in [3.63, 3.8) is 0 Å². The van der Waals surface area contributed by atoms with Gasteiger partial charge in [-0.1, -0.05) is 12.1 Å². The van der Waals surface area contributed by atoms with Crippen LogP contribution in [0.1, 0.15) is 59.4 Å². The zero-order valence-corrected chi connectivity index (χ0v) is 19.0. The van der Waals surface area contributed by atoms with Crippen LogP contribution in [0.25, 0.3) is 0 Å². The van der Waals surface area contributed by atoms with Crippen LogP contribution < -0.4 is 4.74 Å². The molecule has 0 saturated heterocycles. The Morgan fingerprint density at radius 3 is 2.17 bits per heavy atom. The van der Waals surface area contributed by atoms with Gasteiger partial charge in [0.15, 0.2) is 0 Å². The van der Waals surface area contributed by atoms with E-state index in [2.05, 4.69) is 4.99 Å². The first-order valence-electron chi connectivity index (χ1n) is 9.95. The van der Waals surface area contributed by atoms with Gasteiger partial charge in [-0.3, -0.25) is 9.59 Å². The fraction of sp³-hybridized carbons (Fsp3) is 0.609. The number of methoxy groups -OCH3 is 1. The molecule has 1 rings (SSSR count). The third kappa shape index (κ3) is 7.99. The standard InChI is InChI=1S/C23H33NO6/c1-22(2,3)20(26)29-12-11-18(16-9-8-10-17(13-16)28-7)19(24-15-25)14-30-21(27)23(4,5)6/h8-10,13,18-19H,11-12,14H2,1-7H3/t18-,19+/m1/s1. The molecule has 0 aromatic heterocycles. The van der Waals surface area contributed by atoms with Crippen LogP contribution in [0.2, 0.25) is 0 Å². The number of hydrogen-bond acceptors (Lipinski definition) is 7. The second-order valence-electron chi connectivity index (χ2n) is 9.19. The molecule has 0 fully saturated rings. The highest BCUT2D eigenvalue weighted by molar-refractivity contribution is 5.75. The maximum Gasteiger partial charge on any atom is 0.311 e. The monoisotopic (exact) mass is 419 g/mol. The second kappa shape index (κ2) is 10.9. The molecule has 0 radical (unpaired) electrons. The van der Waals surface area contributed by atoms with E-state index in [0.717, 1.165) is 5.56 Å². The summed E-state index contributed by atoms with van der Waals surface area (Å²) in [6.07, 6.45) is 1.96. The Labute approximate surface area is 178 Å². The summed E-state index contributed by atoms with van der Waals surface area (Å²) < 4.78 is 16.1. The van der Waals surface area contributed by atoms with E-state index in [0.29, 0.717) is 12.2 Å². The molecule has 166 valence electrons. The molecule has 0 aliphatic rings. The van der Waals surface area contributed by atoms with Gasteiger partial charge in [0, 0.05) is 5.92 Å². The number of nitrogens with zero attached hydrogens (tertiary/aromatic N) is 1. The van der Waals surface area contributed by atoms with E-state index in [1.165, 1.54) is 0 Å². The zero-order chi connectivity index (χ0) is 22.9. The van der Waals surface area contributed by atoms with Crippen LogP contribution in [0, 0.1) is 10.8 Å². The van der Waals surface area contributed by atoms with Gasteiger partial charge >= 0.3 is 11.9 Å². The molecule has 0 aliphatic heterocycles. The van der Waals surface area contributed by atoms with Crippen molar-refractivity contribution in [2.45, 2.75) is 59.9 Å². The van der Waals surface area contributed by atoms with Crippen molar-refractivity contribution < 1.29 is 28.6 Å². The van der Waals surface area contributed by atoms with Crippen molar-refractivity contribution in [2.75, 3.05) is 20.3 Å². The van der Waals surface area contributed by atoms with E-state index < -0.39 is 22.8 Å². The van der Waals surface area contributed by atoms with Gasteiger partial charge in [-0.25, -0.2) is 4.79 Å². The molecular weight excluding hydrogens is 386 g/mol. The molecule has 0 amide bonds. The summed E-state index contributed by atoms with van der Waals surface area (Å²) in [5.74, 6) is -0.412. The lowest BCUT2D eigenvalue weighted by molar-refractivity contribution is -0.153. The topological polar surface area (TPSA) is 91.3 Å². The van der Waals surface area contributed by atoms with E-state index in [4.69, 9.17) is 14.2 Å². The molecule has 0 bridgehead atoms. The number of isocyanates is 1. The van der Waals surface area contributed by atoms with Crippen LogP contribution in [0.3, 0.4) is 0 Å². The van der Waals surface area contributed by atoms with E-state index in [-0.39, 0.29) is 25.1 Å². The Balaban J connectivity index is 3.09. The van der Waals surface area contributed by atoms with Gasteiger partial charge in [0.25, 0.3) is 0 Å². The van der Waals surface area contributed by atoms with Crippen LogP contribution in [0.4, 0.5) is 0 Å². The van der Waals surface area contributed by atoms with Crippen molar-refractivity contribution >= 4 is 18.0 Å². The molecule has 30 heavy (non-hydrogen) atoms. The van der Waals surface area contributed by atoms with Gasteiger partial charge in [0.1, 0.15) is 18.4 Å². The lowest BCUT2D eigenvalue weighted by atomic mass is 9.89. The van der Waals surface area contributed by atoms with Gasteiger partial charge in [-0.15, -0.1) is 0 Å². The molecule has 0 aliphatic carbocycles. The number of hydrogen-bond donors (Lipinski definition) is 0. The van der Waals surface area contributed by atoms with Crippen LogP contribution >= 0.6 is 0 Å². The highest BCUT2D eigenvalue weighted by Gasteiger charge is 2.29. The molecule has 0 spiro atoms. The second-order valence-corrected chi connectivity index (χ2v) is 9.19. The molecule has 0 unspecified atom stereocenters. The Morgan fingerprint density at radius 2 is 1.63 bits per heavy atom. The molecule has 1 aromatic carbocycles. The summed E-state index contributed by atoms with van der Waals surface area (Å²) in [5, 5.41) is 0. The largest absolute Gasteiger partial charge is 0.497 e. The summed E-state index contributed by atoms with van der Waals surface area (Å²) in [6.45, 7) is 10.6. The van der Waals surface area contributed by atoms with Crippen LogP contribution in [0.15, 0.2) is 29.3 Å². The predicted octanol–water partition coefficient (Wildman–Crippen LogP) is 4.05. The molecule has 2 atom stereocenters. The number of rotatable bonds is 9. The number of benzene rings is 1. The predicted molar refractivity (Wildman–Crippen MR) is 113 cm³/mol. The van der Waals surface area contributed by atoms with Crippen molar-refractivity contribution in [1.82, 2.24) is 0 Å². The quantitative estimate of drug-likeness (QED) is 0.341.